The molecule has 0 saturated heterocycles. The van der Waals surface area contributed by atoms with Crippen LogP contribution in [0.1, 0.15) is 11.4 Å². The third-order valence-electron chi connectivity index (χ3n) is 4.61. The summed E-state index contributed by atoms with van der Waals surface area (Å²) in [5.74, 6) is 1.32. The zero-order valence-corrected chi connectivity index (χ0v) is 20.0. The van der Waals surface area contributed by atoms with Gasteiger partial charge in [0.2, 0.25) is 5.91 Å². The van der Waals surface area contributed by atoms with Crippen LogP contribution in [0, 0.1) is 6.92 Å². The van der Waals surface area contributed by atoms with E-state index >= 15 is 0 Å². The fourth-order valence-electron chi connectivity index (χ4n) is 3.01. The minimum Gasteiger partial charge on any atom is -0.486 e. The van der Waals surface area contributed by atoms with Gasteiger partial charge in [0.25, 0.3) is 0 Å². The van der Waals surface area contributed by atoms with E-state index in [1.54, 1.807) is 36.4 Å². The number of halogens is 2. The summed E-state index contributed by atoms with van der Waals surface area (Å²) in [5, 5.41) is 13.2. The maximum absolute atomic E-state index is 12.5. The summed E-state index contributed by atoms with van der Waals surface area (Å²) < 4.78 is 7.77. The van der Waals surface area contributed by atoms with Crippen molar-refractivity contribution in [3.63, 3.8) is 0 Å². The predicted octanol–water partition coefficient (Wildman–Crippen LogP) is 6.19. The van der Waals surface area contributed by atoms with E-state index in [0.29, 0.717) is 26.7 Å². The lowest BCUT2D eigenvalue weighted by molar-refractivity contribution is -0.113. The summed E-state index contributed by atoms with van der Waals surface area (Å²) in [6.07, 6.45) is 0. The normalized spacial score (nSPS) is 10.8. The van der Waals surface area contributed by atoms with E-state index in [2.05, 4.69) is 15.5 Å². The lowest BCUT2D eigenvalue weighted by Gasteiger charge is -2.11. The Bertz CT molecular complexity index is 1240. The van der Waals surface area contributed by atoms with E-state index in [-0.39, 0.29) is 18.3 Å². The Balaban J connectivity index is 1.51. The second-order valence-electron chi connectivity index (χ2n) is 7.16. The molecule has 0 spiro atoms. The van der Waals surface area contributed by atoms with Crippen LogP contribution in [-0.2, 0) is 11.4 Å². The van der Waals surface area contributed by atoms with Gasteiger partial charge in [0, 0.05) is 21.4 Å². The number of benzene rings is 3. The number of thioether (sulfide) groups is 1. The molecule has 0 aliphatic heterocycles. The van der Waals surface area contributed by atoms with E-state index in [9.17, 15) is 4.79 Å². The Labute approximate surface area is 205 Å². The minimum absolute atomic E-state index is 0.150. The van der Waals surface area contributed by atoms with Gasteiger partial charge in [-0.3, -0.25) is 9.36 Å². The van der Waals surface area contributed by atoms with E-state index in [1.165, 1.54) is 11.8 Å². The first-order chi connectivity index (χ1) is 16.0. The standard InChI is InChI=1S/C24H20Cl2N4O2S/c1-16-5-11-21(12-6-16)32-14-22-28-29-24(30(22)20-9-7-17(25)8-10-20)33-15-23(31)27-19-4-2-3-18(26)13-19/h2-13H,14-15H2,1H3,(H,27,31). The maximum atomic E-state index is 12.5. The second-order valence-corrected chi connectivity index (χ2v) is 8.97. The number of hydrogen-bond acceptors (Lipinski definition) is 5. The molecule has 0 bridgehead atoms. The Kier molecular flexibility index (Phi) is 7.54. The number of aryl methyl sites for hydroxylation is 1. The highest BCUT2D eigenvalue weighted by atomic mass is 35.5. The molecule has 1 amide bonds. The summed E-state index contributed by atoms with van der Waals surface area (Å²) >= 11 is 13.3. The maximum Gasteiger partial charge on any atom is 0.234 e. The number of rotatable bonds is 8. The number of amides is 1. The summed E-state index contributed by atoms with van der Waals surface area (Å²) in [5.41, 5.74) is 2.62. The van der Waals surface area contributed by atoms with E-state index in [4.69, 9.17) is 27.9 Å². The average molecular weight is 499 g/mol. The van der Waals surface area contributed by atoms with Gasteiger partial charge in [-0.1, -0.05) is 58.7 Å². The van der Waals surface area contributed by atoms with Crippen LogP contribution in [0.3, 0.4) is 0 Å². The molecular formula is C24H20Cl2N4O2S. The topological polar surface area (TPSA) is 69.0 Å². The van der Waals surface area contributed by atoms with Crippen LogP contribution in [0.2, 0.25) is 10.0 Å². The summed E-state index contributed by atoms with van der Waals surface area (Å²) in [6, 6.07) is 22.1. The largest absolute Gasteiger partial charge is 0.486 e. The van der Waals surface area contributed by atoms with Crippen molar-refractivity contribution in [1.29, 1.82) is 0 Å². The Morgan fingerprint density at radius 2 is 1.76 bits per heavy atom. The molecule has 0 aliphatic rings. The average Bonchev–Trinajstić information content (AvgIpc) is 3.21. The highest BCUT2D eigenvalue weighted by molar-refractivity contribution is 7.99. The second kappa shape index (κ2) is 10.7. The van der Waals surface area contributed by atoms with Gasteiger partial charge in [-0.05, 0) is 61.5 Å². The lowest BCUT2D eigenvalue weighted by Crippen LogP contribution is -2.14. The van der Waals surface area contributed by atoms with Gasteiger partial charge in [0.05, 0.1) is 5.75 Å². The number of nitrogens with one attached hydrogen (secondary N) is 1. The van der Waals surface area contributed by atoms with Crippen LogP contribution in [0.15, 0.2) is 78.0 Å². The molecule has 0 aliphatic carbocycles. The van der Waals surface area contributed by atoms with E-state index in [1.807, 2.05) is 47.9 Å². The van der Waals surface area contributed by atoms with E-state index < -0.39 is 0 Å². The van der Waals surface area contributed by atoms with Crippen LogP contribution >= 0.6 is 35.0 Å². The molecule has 0 unspecified atom stereocenters. The monoisotopic (exact) mass is 498 g/mol. The predicted molar refractivity (Wildman–Crippen MR) is 133 cm³/mol. The van der Waals surface area contributed by atoms with Gasteiger partial charge in [-0.15, -0.1) is 10.2 Å². The molecule has 33 heavy (non-hydrogen) atoms. The van der Waals surface area contributed by atoms with Crippen LogP contribution in [-0.4, -0.2) is 26.4 Å². The molecule has 0 atom stereocenters. The first-order valence-electron chi connectivity index (χ1n) is 10.1. The molecule has 1 N–H and O–H groups in total. The van der Waals surface area contributed by atoms with Crippen molar-refractivity contribution in [2.75, 3.05) is 11.1 Å². The van der Waals surface area contributed by atoms with Crippen molar-refractivity contribution in [1.82, 2.24) is 14.8 Å². The van der Waals surface area contributed by atoms with Crippen molar-refractivity contribution in [2.45, 2.75) is 18.7 Å². The van der Waals surface area contributed by atoms with Crippen molar-refractivity contribution < 1.29 is 9.53 Å². The van der Waals surface area contributed by atoms with Gasteiger partial charge in [-0.25, -0.2) is 0 Å². The lowest BCUT2D eigenvalue weighted by atomic mass is 10.2. The van der Waals surface area contributed by atoms with Crippen molar-refractivity contribution in [3.05, 3.63) is 94.2 Å². The third-order valence-corrected chi connectivity index (χ3v) is 6.03. The fraction of sp³-hybridized carbons (Fsp3) is 0.125. The van der Waals surface area contributed by atoms with Crippen molar-refractivity contribution >= 4 is 46.6 Å². The molecule has 1 heterocycles. The zero-order chi connectivity index (χ0) is 23.2. The van der Waals surface area contributed by atoms with Crippen LogP contribution in [0.4, 0.5) is 5.69 Å². The molecule has 0 radical (unpaired) electrons. The molecule has 1 aromatic heterocycles. The van der Waals surface area contributed by atoms with Gasteiger partial charge in [-0.2, -0.15) is 0 Å². The van der Waals surface area contributed by atoms with Gasteiger partial charge < -0.3 is 10.1 Å². The zero-order valence-electron chi connectivity index (χ0n) is 17.7. The molecule has 4 aromatic rings. The first kappa shape index (κ1) is 23.2. The molecule has 168 valence electrons. The van der Waals surface area contributed by atoms with Crippen LogP contribution in [0.25, 0.3) is 5.69 Å². The number of hydrogen-bond donors (Lipinski definition) is 1. The number of ether oxygens (including phenoxy) is 1. The fourth-order valence-corrected chi connectivity index (χ4v) is 4.10. The summed E-state index contributed by atoms with van der Waals surface area (Å²) in [6.45, 7) is 2.24. The van der Waals surface area contributed by atoms with Gasteiger partial charge in [0.15, 0.2) is 11.0 Å². The van der Waals surface area contributed by atoms with E-state index in [0.717, 1.165) is 17.0 Å². The Hall–Kier alpha value is -3.00. The molecule has 0 saturated carbocycles. The highest BCUT2D eigenvalue weighted by Gasteiger charge is 2.17. The number of carbonyl (C=O) groups excluding carboxylic acids is 1. The Morgan fingerprint density at radius 1 is 1.00 bits per heavy atom. The van der Waals surface area contributed by atoms with Crippen molar-refractivity contribution in [3.8, 4) is 11.4 Å². The molecule has 4 rings (SSSR count). The molecule has 0 fully saturated rings. The van der Waals surface area contributed by atoms with Crippen molar-refractivity contribution in [2.24, 2.45) is 0 Å². The quantitative estimate of drug-likeness (QED) is 0.293. The molecular weight excluding hydrogens is 479 g/mol. The summed E-state index contributed by atoms with van der Waals surface area (Å²) in [4.78, 5) is 12.5. The molecule has 6 nitrogen and oxygen atoms in total. The smallest absolute Gasteiger partial charge is 0.234 e. The first-order valence-corrected chi connectivity index (χ1v) is 11.8. The number of nitrogens with zero attached hydrogens (tertiary/aromatic N) is 3. The SMILES string of the molecule is Cc1ccc(OCc2nnc(SCC(=O)Nc3cccc(Cl)c3)n2-c2ccc(Cl)cc2)cc1. The number of carbonyl (C=O) groups is 1. The molecule has 9 heteroatoms. The number of aromatic nitrogens is 3. The highest BCUT2D eigenvalue weighted by Crippen LogP contribution is 2.25. The van der Waals surface area contributed by atoms with Crippen LogP contribution < -0.4 is 10.1 Å². The number of anilines is 1. The third kappa shape index (κ3) is 6.28. The van der Waals surface area contributed by atoms with Crippen LogP contribution in [0.5, 0.6) is 5.75 Å². The van der Waals surface area contributed by atoms with Gasteiger partial charge in [0.1, 0.15) is 12.4 Å². The minimum atomic E-state index is -0.176. The Morgan fingerprint density at radius 3 is 2.48 bits per heavy atom. The van der Waals surface area contributed by atoms with Gasteiger partial charge >= 0.3 is 0 Å². The summed E-state index contributed by atoms with van der Waals surface area (Å²) in [7, 11) is 0. The molecule has 3 aromatic carbocycles.